The molecular weight excluding hydrogens is 789 g/mol. The quantitative estimate of drug-likeness (QED) is 0.0378. The third kappa shape index (κ3) is 22.1. The van der Waals surface area contributed by atoms with Crippen molar-refractivity contribution >= 4 is 34.6 Å². The zero-order valence-corrected chi connectivity index (χ0v) is 40.4. The molecule has 0 N–H and O–H groups in total. The van der Waals surface area contributed by atoms with Crippen LogP contribution in [0, 0.1) is 6.92 Å². The summed E-state index contributed by atoms with van der Waals surface area (Å²) in [5.41, 5.74) is 11.1. The molecule has 344 valence electrons. The predicted octanol–water partition coefficient (Wildman–Crippen LogP) is 14.3. The highest BCUT2D eigenvalue weighted by Crippen LogP contribution is 2.41. The topological polar surface area (TPSA) is 105 Å². The van der Waals surface area contributed by atoms with E-state index in [0.717, 1.165) is 82.6 Å². The maximum absolute atomic E-state index is 13.0. The largest absolute Gasteiger partial charge is 0.469 e. The van der Waals surface area contributed by atoms with Gasteiger partial charge in [-0.25, -0.2) is 0 Å². The van der Waals surface area contributed by atoms with Crippen LogP contribution >= 0.6 is 0 Å². The molecule has 2 aromatic rings. The lowest BCUT2D eigenvalue weighted by Crippen LogP contribution is -2.17. The Balaban J connectivity index is 1.97. The molecular formula is C55H76O8. The van der Waals surface area contributed by atoms with Crippen molar-refractivity contribution in [3.8, 4) is 11.5 Å². The van der Waals surface area contributed by atoms with Crippen molar-refractivity contribution in [2.24, 2.45) is 0 Å². The fourth-order valence-electron chi connectivity index (χ4n) is 7.06. The Labute approximate surface area is 379 Å². The van der Waals surface area contributed by atoms with Crippen molar-refractivity contribution in [2.75, 3.05) is 14.2 Å². The molecule has 0 atom stereocenters. The molecule has 0 aliphatic rings. The Morgan fingerprint density at radius 2 is 0.810 bits per heavy atom. The molecule has 0 bridgehead atoms. The molecule has 0 aliphatic heterocycles. The molecule has 0 saturated carbocycles. The average Bonchev–Trinajstić information content (AvgIpc) is 3.23. The Hall–Kier alpha value is -5.24. The van der Waals surface area contributed by atoms with Crippen LogP contribution in [0.15, 0.2) is 106 Å². The van der Waals surface area contributed by atoms with E-state index in [-0.39, 0.29) is 18.6 Å². The number of allylic oxidation sites excluding steroid dienone is 14. The number of hydrogen-bond acceptors (Lipinski definition) is 8. The van der Waals surface area contributed by atoms with E-state index in [1.807, 2.05) is 0 Å². The van der Waals surface area contributed by atoms with Crippen molar-refractivity contribution in [2.45, 2.75) is 165 Å². The summed E-state index contributed by atoms with van der Waals surface area (Å²) in [4.78, 5) is 49.3. The average molecular weight is 865 g/mol. The fourth-order valence-corrected chi connectivity index (χ4v) is 7.06. The van der Waals surface area contributed by atoms with E-state index in [0.29, 0.717) is 34.1 Å². The van der Waals surface area contributed by atoms with Gasteiger partial charge in [-0.3, -0.25) is 19.2 Å². The van der Waals surface area contributed by atoms with Crippen LogP contribution in [0.4, 0.5) is 0 Å². The standard InChI is InChI=1S/C55H76O8/c1-39(2)20-14-21-40(3)22-15-23-41(4)24-16-25-42(5)26-17-27-43(6)28-18-29-44(7)30-19-31-45(8)34-35-47-46(9)54(63-53(59)38-52(58)61-11)48-32-12-13-33-49(48)55(47)62-51(57)37-36-50(56)60-10/h12-13,20,22,24,26,28,30,32-34H,14-19,21,23,25,27,29,31,35-38H2,1-11H3/b40-22+,41-24+,42-26+,43-28+,44-30+,45-34+. The number of rotatable bonds is 27. The van der Waals surface area contributed by atoms with Gasteiger partial charge in [0, 0.05) is 16.3 Å². The second kappa shape index (κ2) is 30.0. The van der Waals surface area contributed by atoms with Gasteiger partial charge in [0.2, 0.25) is 0 Å². The Bertz CT molecular complexity index is 2060. The van der Waals surface area contributed by atoms with Crippen LogP contribution in [0.1, 0.15) is 163 Å². The van der Waals surface area contributed by atoms with Crippen LogP contribution in [-0.2, 0) is 35.1 Å². The van der Waals surface area contributed by atoms with Crippen LogP contribution in [0.5, 0.6) is 11.5 Å². The summed E-state index contributed by atoms with van der Waals surface area (Å²) < 4.78 is 21.1. The van der Waals surface area contributed by atoms with Gasteiger partial charge in [0.25, 0.3) is 0 Å². The van der Waals surface area contributed by atoms with Crippen molar-refractivity contribution in [3.05, 3.63) is 117 Å². The van der Waals surface area contributed by atoms with Gasteiger partial charge >= 0.3 is 23.9 Å². The summed E-state index contributed by atoms with van der Waals surface area (Å²) in [5.74, 6) is -1.93. The molecule has 0 aromatic heterocycles. The number of carbonyl (C=O) groups excluding carboxylic acids is 4. The summed E-state index contributed by atoms with van der Waals surface area (Å²) in [6.07, 6.45) is 28.7. The number of methoxy groups -OCH3 is 2. The van der Waals surface area contributed by atoms with Crippen molar-refractivity contribution in [1.29, 1.82) is 0 Å². The lowest BCUT2D eigenvalue weighted by atomic mass is 9.95. The number of fused-ring (bicyclic) bond motifs is 1. The molecule has 0 aliphatic carbocycles. The van der Waals surface area contributed by atoms with Crippen molar-refractivity contribution in [3.63, 3.8) is 0 Å². The van der Waals surface area contributed by atoms with Gasteiger partial charge in [0.05, 0.1) is 27.1 Å². The SMILES string of the molecule is COC(=O)CCC(=O)Oc1c(C/C=C(\C)CC/C=C(\C)CC/C=C(\C)CC/C=C(\C)CC/C=C(\C)CC/C=C(\C)CCC=C(C)C)c(C)c(OC(=O)CC(=O)OC)c2ccccc12. The minimum absolute atomic E-state index is 0.112. The summed E-state index contributed by atoms with van der Waals surface area (Å²) in [6, 6.07) is 7.14. The van der Waals surface area contributed by atoms with E-state index in [9.17, 15) is 19.2 Å². The molecule has 0 amide bonds. The van der Waals surface area contributed by atoms with Gasteiger partial charge in [0.1, 0.15) is 17.9 Å². The summed E-state index contributed by atoms with van der Waals surface area (Å²) in [7, 11) is 2.48. The van der Waals surface area contributed by atoms with Crippen LogP contribution in [0.2, 0.25) is 0 Å². The lowest BCUT2D eigenvalue weighted by molar-refractivity contribution is -0.148. The smallest absolute Gasteiger partial charge is 0.322 e. The second-order valence-electron chi connectivity index (χ2n) is 17.1. The van der Waals surface area contributed by atoms with Crippen molar-refractivity contribution < 1.29 is 38.1 Å². The van der Waals surface area contributed by atoms with Crippen LogP contribution < -0.4 is 9.47 Å². The molecule has 8 heteroatoms. The fraction of sp³-hybridized carbons (Fsp3) is 0.491. The van der Waals surface area contributed by atoms with Crippen molar-refractivity contribution in [1.82, 2.24) is 0 Å². The summed E-state index contributed by atoms with van der Waals surface area (Å²) in [6.45, 7) is 19.4. The highest BCUT2D eigenvalue weighted by Gasteiger charge is 2.23. The molecule has 2 rings (SSSR count). The van der Waals surface area contributed by atoms with E-state index in [1.165, 1.54) is 47.7 Å². The second-order valence-corrected chi connectivity index (χ2v) is 17.1. The molecule has 0 fully saturated rings. The molecule has 0 radical (unpaired) electrons. The first-order valence-electron chi connectivity index (χ1n) is 22.7. The number of ether oxygens (including phenoxy) is 4. The normalized spacial score (nSPS) is 12.9. The molecule has 8 nitrogen and oxygen atoms in total. The first kappa shape index (κ1) is 53.9. The van der Waals surface area contributed by atoms with Gasteiger partial charge < -0.3 is 18.9 Å². The Kier molecular flexibility index (Phi) is 25.6. The molecule has 0 heterocycles. The minimum atomic E-state index is -0.758. The first-order chi connectivity index (χ1) is 30.0. The number of carbonyl (C=O) groups is 4. The Morgan fingerprint density at radius 1 is 0.444 bits per heavy atom. The van der Waals surface area contributed by atoms with Gasteiger partial charge in [-0.05, 0) is 151 Å². The summed E-state index contributed by atoms with van der Waals surface area (Å²) in [5, 5.41) is 1.11. The zero-order valence-electron chi connectivity index (χ0n) is 40.4. The monoisotopic (exact) mass is 865 g/mol. The molecule has 0 spiro atoms. The molecule has 2 aromatic carbocycles. The van der Waals surface area contributed by atoms with Gasteiger partial charge in [-0.1, -0.05) is 106 Å². The third-order valence-corrected chi connectivity index (χ3v) is 11.1. The van der Waals surface area contributed by atoms with E-state index >= 15 is 0 Å². The van der Waals surface area contributed by atoms with Crippen LogP contribution in [-0.4, -0.2) is 38.1 Å². The van der Waals surface area contributed by atoms with Gasteiger partial charge in [-0.2, -0.15) is 0 Å². The maximum atomic E-state index is 13.0. The molecule has 63 heavy (non-hydrogen) atoms. The van der Waals surface area contributed by atoms with Crippen LogP contribution in [0.3, 0.4) is 0 Å². The van der Waals surface area contributed by atoms with Gasteiger partial charge in [0.15, 0.2) is 0 Å². The first-order valence-corrected chi connectivity index (χ1v) is 22.7. The predicted molar refractivity (Wildman–Crippen MR) is 259 cm³/mol. The minimum Gasteiger partial charge on any atom is -0.469 e. The highest BCUT2D eigenvalue weighted by atomic mass is 16.6. The zero-order chi connectivity index (χ0) is 46.7. The lowest BCUT2D eigenvalue weighted by Gasteiger charge is -2.19. The van der Waals surface area contributed by atoms with Crippen LogP contribution in [0.25, 0.3) is 10.8 Å². The molecule has 0 unspecified atom stereocenters. The van der Waals surface area contributed by atoms with E-state index in [2.05, 4.69) is 103 Å². The molecule has 0 saturated heterocycles. The van der Waals surface area contributed by atoms with E-state index in [1.54, 1.807) is 31.2 Å². The van der Waals surface area contributed by atoms with E-state index in [4.69, 9.17) is 14.2 Å². The van der Waals surface area contributed by atoms with Gasteiger partial charge in [-0.15, -0.1) is 0 Å². The number of esters is 4. The third-order valence-electron chi connectivity index (χ3n) is 11.1. The maximum Gasteiger partial charge on any atom is 0.322 e. The van der Waals surface area contributed by atoms with E-state index < -0.39 is 30.3 Å². The summed E-state index contributed by atoms with van der Waals surface area (Å²) >= 11 is 0. The highest BCUT2D eigenvalue weighted by molar-refractivity contribution is 6.00. The Morgan fingerprint density at radius 3 is 1.22 bits per heavy atom. The number of hydrogen-bond donors (Lipinski definition) is 0. The number of benzene rings is 2.